The van der Waals surface area contributed by atoms with Gasteiger partial charge in [0.1, 0.15) is 33.0 Å². The number of nitrogens with zero attached hydrogens (tertiary/aromatic N) is 4. The van der Waals surface area contributed by atoms with Crippen LogP contribution in [-0.2, 0) is 4.79 Å². The average Bonchev–Trinajstić information content (AvgIpc) is 3.17. The largest absolute Gasteiger partial charge is 0.497 e. The number of carbonyl (C=O) groups is 1. The van der Waals surface area contributed by atoms with E-state index in [4.69, 9.17) is 4.74 Å². The Morgan fingerprint density at radius 3 is 2.70 bits per heavy atom. The van der Waals surface area contributed by atoms with Crippen LogP contribution in [0.4, 0.5) is 0 Å². The van der Waals surface area contributed by atoms with Gasteiger partial charge in [-0.15, -0.1) is 0 Å². The van der Waals surface area contributed by atoms with E-state index in [1.54, 1.807) is 13.4 Å². The quantitative estimate of drug-likeness (QED) is 0.478. The molecule has 2 aromatic heterocycles. The normalized spacial score (nSPS) is 14.5. The standard InChI is InChI=1S/C19H20N4O2S2/c1-25-14-7-5-13(6-8-14)16-17-18(27-22-16)19(21-12-20-17)26-11-15(24)23-9-3-2-4-10-23/h5-8,12H,2-4,9-11H2,1H3. The molecule has 1 aliphatic heterocycles. The highest BCUT2D eigenvalue weighted by molar-refractivity contribution is 8.00. The van der Waals surface area contributed by atoms with E-state index in [1.165, 1.54) is 29.7 Å². The van der Waals surface area contributed by atoms with Crippen molar-refractivity contribution in [2.75, 3.05) is 26.0 Å². The molecule has 0 N–H and O–H groups in total. The number of methoxy groups -OCH3 is 1. The molecular weight excluding hydrogens is 380 g/mol. The van der Waals surface area contributed by atoms with Crippen molar-refractivity contribution in [1.29, 1.82) is 0 Å². The third-order valence-electron chi connectivity index (χ3n) is 4.63. The second-order valence-electron chi connectivity index (χ2n) is 6.35. The summed E-state index contributed by atoms with van der Waals surface area (Å²) in [7, 11) is 1.65. The lowest BCUT2D eigenvalue weighted by Gasteiger charge is -2.26. The number of thioether (sulfide) groups is 1. The fourth-order valence-corrected chi connectivity index (χ4v) is 4.97. The SMILES string of the molecule is COc1ccc(-c2nsc3c(SCC(=O)N4CCCCC4)ncnc23)cc1. The molecule has 0 radical (unpaired) electrons. The van der Waals surface area contributed by atoms with Crippen LogP contribution in [0.5, 0.6) is 5.75 Å². The van der Waals surface area contributed by atoms with Crippen LogP contribution in [0.3, 0.4) is 0 Å². The Labute approximate surface area is 166 Å². The number of benzene rings is 1. The average molecular weight is 401 g/mol. The highest BCUT2D eigenvalue weighted by atomic mass is 32.2. The molecule has 0 saturated carbocycles. The van der Waals surface area contributed by atoms with Crippen LogP contribution in [0.15, 0.2) is 35.6 Å². The summed E-state index contributed by atoms with van der Waals surface area (Å²) in [6.07, 6.45) is 4.98. The van der Waals surface area contributed by atoms with E-state index < -0.39 is 0 Å². The molecule has 0 bridgehead atoms. The van der Waals surface area contributed by atoms with Crippen molar-refractivity contribution in [1.82, 2.24) is 19.2 Å². The van der Waals surface area contributed by atoms with Gasteiger partial charge in [-0.25, -0.2) is 9.97 Å². The molecule has 6 nitrogen and oxygen atoms in total. The second-order valence-corrected chi connectivity index (χ2v) is 8.08. The Balaban J connectivity index is 1.54. The Morgan fingerprint density at radius 1 is 1.19 bits per heavy atom. The van der Waals surface area contributed by atoms with Gasteiger partial charge in [0.05, 0.1) is 12.9 Å². The minimum Gasteiger partial charge on any atom is -0.497 e. The first-order valence-corrected chi connectivity index (χ1v) is 10.7. The molecular formula is C19H20N4O2S2. The van der Waals surface area contributed by atoms with Gasteiger partial charge in [0.25, 0.3) is 0 Å². The van der Waals surface area contributed by atoms with Crippen molar-refractivity contribution >= 4 is 39.4 Å². The second kappa shape index (κ2) is 8.22. The van der Waals surface area contributed by atoms with E-state index >= 15 is 0 Å². The van der Waals surface area contributed by atoms with Crippen LogP contribution in [0.2, 0.25) is 0 Å². The van der Waals surface area contributed by atoms with Crippen LogP contribution in [0.25, 0.3) is 21.5 Å². The Hall–Kier alpha value is -2.19. The minimum atomic E-state index is 0.186. The van der Waals surface area contributed by atoms with Crippen molar-refractivity contribution in [3.63, 3.8) is 0 Å². The highest BCUT2D eigenvalue weighted by Crippen LogP contribution is 2.35. The fourth-order valence-electron chi connectivity index (χ4n) is 3.15. The molecule has 27 heavy (non-hydrogen) atoms. The van der Waals surface area contributed by atoms with Crippen LogP contribution >= 0.6 is 23.3 Å². The van der Waals surface area contributed by atoms with E-state index in [0.29, 0.717) is 5.75 Å². The summed E-state index contributed by atoms with van der Waals surface area (Å²) in [6.45, 7) is 1.75. The van der Waals surface area contributed by atoms with Crippen molar-refractivity contribution < 1.29 is 9.53 Å². The summed E-state index contributed by atoms with van der Waals surface area (Å²) in [5.74, 6) is 1.40. The lowest BCUT2D eigenvalue weighted by molar-refractivity contribution is -0.129. The zero-order chi connectivity index (χ0) is 18.6. The number of hydrogen-bond donors (Lipinski definition) is 0. The molecule has 1 saturated heterocycles. The van der Waals surface area contributed by atoms with E-state index in [9.17, 15) is 4.79 Å². The number of rotatable bonds is 5. The van der Waals surface area contributed by atoms with Crippen LogP contribution in [0.1, 0.15) is 19.3 Å². The summed E-state index contributed by atoms with van der Waals surface area (Å²) in [4.78, 5) is 23.2. The first-order valence-electron chi connectivity index (χ1n) is 8.91. The maximum absolute atomic E-state index is 12.4. The van der Waals surface area contributed by atoms with Crippen molar-refractivity contribution in [2.24, 2.45) is 0 Å². The van der Waals surface area contributed by atoms with Gasteiger partial charge in [0.2, 0.25) is 5.91 Å². The number of piperidine rings is 1. The van der Waals surface area contributed by atoms with E-state index in [-0.39, 0.29) is 5.91 Å². The molecule has 1 fully saturated rings. The Bertz CT molecular complexity index is 937. The number of aromatic nitrogens is 3. The van der Waals surface area contributed by atoms with Gasteiger partial charge in [0.15, 0.2) is 0 Å². The van der Waals surface area contributed by atoms with Crippen molar-refractivity contribution in [3.05, 3.63) is 30.6 Å². The summed E-state index contributed by atoms with van der Waals surface area (Å²) in [5.41, 5.74) is 2.65. The van der Waals surface area contributed by atoms with Crippen LogP contribution < -0.4 is 4.74 Å². The molecule has 3 aromatic rings. The lowest BCUT2D eigenvalue weighted by Crippen LogP contribution is -2.36. The molecule has 3 heterocycles. The van der Waals surface area contributed by atoms with Crippen LogP contribution in [0, 0.1) is 0 Å². The molecule has 8 heteroatoms. The summed E-state index contributed by atoms with van der Waals surface area (Å²) < 4.78 is 10.7. The van der Waals surface area contributed by atoms with Gasteiger partial charge in [-0.2, -0.15) is 4.37 Å². The molecule has 1 amide bonds. The third-order valence-corrected chi connectivity index (χ3v) is 6.57. The lowest BCUT2D eigenvalue weighted by atomic mass is 10.1. The predicted octanol–water partition coefficient (Wildman–Crippen LogP) is 3.87. The minimum absolute atomic E-state index is 0.186. The van der Waals surface area contributed by atoms with E-state index in [1.807, 2.05) is 29.2 Å². The Morgan fingerprint density at radius 2 is 1.96 bits per heavy atom. The maximum Gasteiger partial charge on any atom is 0.232 e. The van der Waals surface area contributed by atoms with Gasteiger partial charge in [-0.05, 0) is 55.1 Å². The topological polar surface area (TPSA) is 68.2 Å². The number of ether oxygens (including phenoxy) is 1. The van der Waals surface area contributed by atoms with Gasteiger partial charge < -0.3 is 9.64 Å². The van der Waals surface area contributed by atoms with Crippen molar-refractivity contribution in [3.8, 4) is 17.0 Å². The molecule has 4 rings (SSSR count). The van der Waals surface area contributed by atoms with Gasteiger partial charge in [-0.3, -0.25) is 4.79 Å². The smallest absolute Gasteiger partial charge is 0.232 e. The molecule has 0 unspecified atom stereocenters. The summed E-state index contributed by atoms with van der Waals surface area (Å²) in [5, 5.41) is 0.822. The first kappa shape index (κ1) is 18.2. The number of fused-ring (bicyclic) bond motifs is 1. The third kappa shape index (κ3) is 3.91. The Kier molecular flexibility index (Phi) is 5.54. The zero-order valence-electron chi connectivity index (χ0n) is 15.1. The van der Waals surface area contributed by atoms with Gasteiger partial charge >= 0.3 is 0 Å². The number of amides is 1. The molecule has 140 valence electrons. The van der Waals surface area contributed by atoms with Crippen molar-refractivity contribution in [2.45, 2.75) is 24.3 Å². The maximum atomic E-state index is 12.4. The predicted molar refractivity (Wildman–Crippen MR) is 108 cm³/mol. The number of carbonyl (C=O) groups excluding carboxylic acids is 1. The van der Waals surface area contributed by atoms with Crippen LogP contribution in [-0.4, -0.2) is 51.1 Å². The summed E-state index contributed by atoms with van der Waals surface area (Å²) >= 11 is 2.85. The molecule has 1 aliphatic rings. The van der Waals surface area contributed by atoms with E-state index in [2.05, 4.69) is 14.3 Å². The highest BCUT2D eigenvalue weighted by Gasteiger charge is 2.19. The van der Waals surface area contributed by atoms with E-state index in [0.717, 1.165) is 58.2 Å². The zero-order valence-corrected chi connectivity index (χ0v) is 16.7. The molecule has 0 aliphatic carbocycles. The number of likely N-dealkylation sites (tertiary alicyclic amines) is 1. The fraction of sp³-hybridized carbons (Fsp3) is 0.368. The monoisotopic (exact) mass is 400 g/mol. The molecule has 0 atom stereocenters. The summed E-state index contributed by atoms with van der Waals surface area (Å²) in [6, 6.07) is 7.77. The van der Waals surface area contributed by atoms with Gasteiger partial charge in [0, 0.05) is 18.7 Å². The number of hydrogen-bond acceptors (Lipinski definition) is 7. The first-order chi connectivity index (χ1) is 13.3. The molecule has 0 spiro atoms. The molecule has 1 aromatic carbocycles. The van der Waals surface area contributed by atoms with Gasteiger partial charge in [-0.1, -0.05) is 11.8 Å².